The van der Waals surface area contributed by atoms with Crippen molar-refractivity contribution < 1.29 is 19.1 Å². The highest BCUT2D eigenvalue weighted by Gasteiger charge is 2.29. The quantitative estimate of drug-likeness (QED) is 0.731. The largest absolute Gasteiger partial charge is 0.496 e. The van der Waals surface area contributed by atoms with Gasteiger partial charge in [0.25, 0.3) is 0 Å². The lowest BCUT2D eigenvalue weighted by Crippen LogP contribution is -2.44. The van der Waals surface area contributed by atoms with Gasteiger partial charge in [-0.05, 0) is 69.0 Å². The van der Waals surface area contributed by atoms with Gasteiger partial charge in [0.05, 0.1) is 7.11 Å². The van der Waals surface area contributed by atoms with E-state index in [9.17, 15) is 14.4 Å². The van der Waals surface area contributed by atoms with E-state index < -0.39 is 0 Å². The lowest BCUT2D eigenvalue weighted by Gasteiger charge is -2.32. The number of rotatable bonds is 5. The Balaban J connectivity index is 1.70. The van der Waals surface area contributed by atoms with Crippen molar-refractivity contribution in [3.05, 3.63) is 58.7 Å². The highest BCUT2D eigenvalue weighted by Crippen LogP contribution is 2.28. The van der Waals surface area contributed by atoms with Crippen molar-refractivity contribution >= 4 is 23.3 Å². The normalized spacial score (nSPS) is 16.1. The zero-order valence-corrected chi connectivity index (χ0v) is 18.0. The van der Waals surface area contributed by atoms with Gasteiger partial charge < -0.3 is 15.0 Å². The molecule has 0 spiro atoms. The molecule has 2 aromatic rings. The number of carbonyl (C=O) groups excluding carboxylic acids is 3. The van der Waals surface area contributed by atoms with Gasteiger partial charge in [0.2, 0.25) is 0 Å². The number of piperidine rings is 1. The number of benzene rings is 2. The zero-order chi connectivity index (χ0) is 21.8. The molecule has 1 fully saturated rings. The molecular formula is C24H28N2O4. The number of amides is 2. The van der Waals surface area contributed by atoms with E-state index in [1.165, 1.54) is 6.92 Å². The fourth-order valence-electron chi connectivity index (χ4n) is 4.04. The summed E-state index contributed by atoms with van der Waals surface area (Å²) in [6.07, 6.45) is 1.53. The number of carbonyl (C=O) groups is 3. The predicted molar refractivity (Wildman–Crippen MR) is 117 cm³/mol. The Labute approximate surface area is 177 Å². The Kier molecular flexibility index (Phi) is 6.55. The maximum atomic E-state index is 13.1. The van der Waals surface area contributed by atoms with Crippen LogP contribution in [0.1, 0.15) is 51.6 Å². The fourth-order valence-corrected chi connectivity index (χ4v) is 4.04. The summed E-state index contributed by atoms with van der Waals surface area (Å²) in [6, 6.07) is 10.3. The monoisotopic (exact) mass is 408 g/mol. The number of urea groups is 1. The molecule has 1 atom stereocenters. The number of ether oxygens (including phenoxy) is 1. The third-order valence-electron chi connectivity index (χ3n) is 5.55. The SMILES string of the molecule is COc1c(C)cc(C(=O)C2CCCN(C(=O)Nc3cccc(C(C)=O)c3)C2)cc1C. The van der Waals surface area contributed by atoms with Crippen LogP contribution in [-0.4, -0.2) is 42.7 Å². The van der Waals surface area contributed by atoms with Crippen LogP contribution in [0.25, 0.3) is 0 Å². The summed E-state index contributed by atoms with van der Waals surface area (Å²) >= 11 is 0. The molecule has 6 nitrogen and oxygen atoms in total. The molecule has 1 heterocycles. The topological polar surface area (TPSA) is 75.7 Å². The van der Waals surface area contributed by atoms with Gasteiger partial charge in [-0.1, -0.05) is 12.1 Å². The summed E-state index contributed by atoms with van der Waals surface area (Å²) in [5.41, 5.74) is 3.63. The fraction of sp³-hybridized carbons (Fsp3) is 0.375. The molecule has 0 aliphatic carbocycles. The van der Waals surface area contributed by atoms with Crippen LogP contribution in [0.15, 0.2) is 36.4 Å². The van der Waals surface area contributed by atoms with Crippen molar-refractivity contribution in [2.75, 3.05) is 25.5 Å². The van der Waals surface area contributed by atoms with Crippen LogP contribution in [0.5, 0.6) is 5.75 Å². The van der Waals surface area contributed by atoms with Crippen LogP contribution in [0.3, 0.4) is 0 Å². The van der Waals surface area contributed by atoms with Crippen molar-refractivity contribution in [2.24, 2.45) is 5.92 Å². The van der Waals surface area contributed by atoms with Crippen LogP contribution in [0.4, 0.5) is 10.5 Å². The second-order valence-corrected chi connectivity index (χ2v) is 7.86. The number of aryl methyl sites for hydroxylation is 2. The molecule has 0 aromatic heterocycles. The summed E-state index contributed by atoms with van der Waals surface area (Å²) < 4.78 is 5.39. The Bertz CT molecular complexity index is 960. The van der Waals surface area contributed by atoms with Gasteiger partial charge in [-0.2, -0.15) is 0 Å². The summed E-state index contributed by atoms with van der Waals surface area (Å²) in [5, 5.41) is 2.85. The van der Waals surface area contributed by atoms with Crippen LogP contribution in [-0.2, 0) is 0 Å². The lowest BCUT2D eigenvalue weighted by molar-refractivity contribution is 0.0850. The molecule has 2 amide bonds. The minimum atomic E-state index is -0.254. The number of nitrogens with zero attached hydrogens (tertiary/aromatic N) is 1. The maximum Gasteiger partial charge on any atom is 0.321 e. The molecule has 0 saturated carbocycles. The molecule has 30 heavy (non-hydrogen) atoms. The molecule has 2 aromatic carbocycles. The van der Waals surface area contributed by atoms with Gasteiger partial charge in [-0.25, -0.2) is 4.79 Å². The van der Waals surface area contributed by atoms with Gasteiger partial charge in [0, 0.05) is 35.8 Å². The minimum absolute atomic E-state index is 0.0555. The molecule has 158 valence electrons. The third-order valence-corrected chi connectivity index (χ3v) is 5.55. The molecule has 6 heteroatoms. The molecular weight excluding hydrogens is 380 g/mol. The lowest BCUT2D eigenvalue weighted by atomic mass is 9.89. The second kappa shape index (κ2) is 9.11. The first-order chi connectivity index (χ1) is 14.3. The molecule has 1 aliphatic heterocycles. The summed E-state index contributed by atoms with van der Waals surface area (Å²) in [4.78, 5) is 39.1. The molecule has 1 saturated heterocycles. The van der Waals surface area contributed by atoms with E-state index in [4.69, 9.17) is 4.74 Å². The average molecular weight is 408 g/mol. The zero-order valence-electron chi connectivity index (χ0n) is 18.0. The van der Waals surface area contributed by atoms with Crippen LogP contribution < -0.4 is 10.1 Å². The van der Waals surface area contributed by atoms with E-state index in [-0.39, 0.29) is 23.5 Å². The maximum absolute atomic E-state index is 13.1. The Morgan fingerprint density at radius 2 is 1.77 bits per heavy atom. The molecule has 1 unspecified atom stereocenters. The first-order valence-corrected chi connectivity index (χ1v) is 10.2. The van der Waals surface area contributed by atoms with E-state index >= 15 is 0 Å². The van der Waals surface area contributed by atoms with Crippen molar-refractivity contribution in [3.63, 3.8) is 0 Å². The molecule has 1 N–H and O–H groups in total. The number of hydrogen-bond donors (Lipinski definition) is 1. The van der Waals surface area contributed by atoms with Crippen LogP contribution >= 0.6 is 0 Å². The number of likely N-dealkylation sites (tertiary alicyclic amines) is 1. The van der Waals surface area contributed by atoms with Crippen LogP contribution in [0, 0.1) is 19.8 Å². The van der Waals surface area contributed by atoms with E-state index in [1.807, 2.05) is 26.0 Å². The first-order valence-electron chi connectivity index (χ1n) is 10.2. The smallest absolute Gasteiger partial charge is 0.321 e. The number of nitrogens with one attached hydrogen (secondary N) is 1. The highest BCUT2D eigenvalue weighted by molar-refractivity contribution is 5.99. The predicted octanol–water partition coefficient (Wildman–Crippen LogP) is 4.64. The van der Waals surface area contributed by atoms with E-state index in [0.29, 0.717) is 29.9 Å². The van der Waals surface area contributed by atoms with Crippen molar-refractivity contribution in [1.29, 1.82) is 0 Å². The average Bonchev–Trinajstić information content (AvgIpc) is 2.73. The summed E-state index contributed by atoms with van der Waals surface area (Å²) in [6.45, 7) is 6.32. The van der Waals surface area contributed by atoms with Crippen molar-refractivity contribution in [3.8, 4) is 5.75 Å². The molecule has 0 radical (unpaired) electrons. The van der Waals surface area contributed by atoms with Gasteiger partial charge in [-0.3, -0.25) is 9.59 Å². The van der Waals surface area contributed by atoms with Gasteiger partial charge in [-0.15, -0.1) is 0 Å². The van der Waals surface area contributed by atoms with E-state index in [2.05, 4.69) is 5.32 Å². The first kappa shape index (κ1) is 21.6. The number of anilines is 1. The number of hydrogen-bond acceptors (Lipinski definition) is 4. The van der Waals surface area contributed by atoms with Crippen LogP contribution in [0.2, 0.25) is 0 Å². The molecule has 1 aliphatic rings. The van der Waals surface area contributed by atoms with E-state index in [1.54, 1.807) is 36.3 Å². The highest BCUT2D eigenvalue weighted by atomic mass is 16.5. The molecule has 0 bridgehead atoms. The Morgan fingerprint density at radius 3 is 2.40 bits per heavy atom. The van der Waals surface area contributed by atoms with Gasteiger partial charge in [0.1, 0.15) is 5.75 Å². The van der Waals surface area contributed by atoms with Crippen molar-refractivity contribution in [1.82, 2.24) is 4.90 Å². The third kappa shape index (κ3) is 4.70. The minimum Gasteiger partial charge on any atom is -0.496 e. The summed E-state index contributed by atoms with van der Waals surface area (Å²) in [5.74, 6) is 0.559. The Morgan fingerprint density at radius 1 is 1.07 bits per heavy atom. The number of ketones is 2. The van der Waals surface area contributed by atoms with Gasteiger partial charge >= 0.3 is 6.03 Å². The van der Waals surface area contributed by atoms with Gasteiger partial charge in [0.15, 0.2) is 11.6 Å². The molecule has 3 rings (SSSR count). The van der Waals surface area contributed by atoms with E-state index in [0.717, 1.165) is 29.7 Å². The second-order valence-electron chi connectivity index (χ2n) is 7.86. The number of methoxy groups -OCH3 is 1. The van der Waals surface area contributed by atoms with Crippen molar-refractivity contribution in [2.45, 2.75) is 33.6 Å². The Hall–Kier alpha value is -3.15. The standard InChI is InChI=1S/C24H28N2O4/c1-15-11-20(12-16(2)23(15)30-4)22(28)19-8-6-10-26(14-19)24(29)25-21-9-5-7-18(13-21)17(3)27/h5,7,9,11-13,19H,6,8,10,14H2,1-4H3,(H,25,29). The summed E-state index contributed by atoms with van der Waals surface area (Å²) in [7, 11) is 1.63. The number of Topliss-reactive ketones (excluding diaryl/α,β-unsaturated/α-hetero) is 2.